The van der Waals surface area contributed by atoms with Crippen LogP contribution in [0.4, 0.5) is 0 Å². The maximum Gasteiger partial charge on any atom is 0.291 e. The predicted octanol–water partition coefficient (Wildman–Crippen LogP) is 4.90. The number of phenols is 1. The van der Waals surface area contributed by atoms with Gasteiger partial charge in [-0.05, 0) is 41.5 Å². The average molecular weight is 418 g/mol. The van der Waals surface area contributed by atoms with Gasteiger partial charge in [-0.25, -0.2) is 0 Å². The van der Waals surface area contributed by atoms with Crippen molar-refractivity contribution < 1.29 is 14.3 Å². The number of carbonyl (C=O) groups excluding carboxylic acids is 1. The van der Waals surface area contributed by atoms with Crippen LogP contribution in [0.1, 0.15) is 33.3 Å². The Labute approximate surface area is 176 Å². The fraction of sp³-hybridized carbons (Fsp3) is 0.0833. The molecule has 0 fully saturated rings. The zero-order valence-electron chi connectivity index (χ0n) is 15.7. The highest BCUT2D eigenvalue weighted by molar-refractivity contribution is 6.31. The van der Waals surface area contributed by atoms with E-state index in [9.17, 15) is 14.7 Å². The molecule has 5 nitrogen and oxygen atoms in total. The summed E-state index contributed by atoms with van der Waals surface area (Å²) in [5, 5.41) is 10.7. The lowest BCUT2D eigenvalue weighted by atomic mass is 9.98. The van der Waals surface area contributed by atoms with Crippen molar-refractivity contribution in [1.29, 1.82) is 0 Å². The number of halogens is 1. The number of amides is 1. The molecule has 148 valence electrons. The lowest BCUT2D eigenvalue weighted by Gasteiger charge is -2.25. The van der Waals surface area contributed by atoms with Crippen LogP contribution in [-0.2, 0) is 6.54 Å². The van der Waals surface area contributed by atoms with Gasteiger partial charge in [-0.2, -0.15) is 0 Å². The highest BCUT2D eigenvalue weighted by atomic mass is 35.5. The van der Waals surface area contributed by atoms with Crippen molar-refractivity contribution in [2.75, 3.05) is 0 Å². The van der Waals surface area contributed by atoms with Gasteiger partial charge in [0.1, 0.15) is 11.3 Å². The molecule has 0 spiro atoms. The molecule has 0 aliphatic carbocycles. The highest BCUT2D eigenvalue weighted by Crippen LogP contribution is 2.40. The molecular weight excluding hydrogens is 402 g/mol. The largest absolute Gasteiger partial charge is 0.508 e. The molecule has 0 bridgehead atoms. The van der Waals surface area contributed by atoms with Gasteiger partial charge in [0.2, 0.25) is 5.76 Å². The fourth-order valence-electron chi connectivity index (χ4n) is 3.98. The summed E-state index contributed by atoms with van der Waals surface area (Å²) in [6.45, 7) is 0.292. The van der Waals surface area contributed by atoms with Crippen molar-refractivity contribution >= 4 is 28.5 Å². The molecule has 0 saturated carbocycles. The van der Waals surface area contributed by atoms with E-state index >= 15 is 0 Å². The summed E-state index contributed by atoms with van der Waals surface area (Å²) in [7, 11) is 0. The number of carbonyl (C=O) groups is 1. The lowest BCUT2D eigenvalue weighted by Crippen LogP contribution is -2.29. The van der Waals surface area contributed by atoms with Crippen molar-refractivity contribution in [3.8, 4) is 5.75 Å². The van der Waals surface area contributed by atoms with Crippen LogP contribution >= 0.6 is 11.6 Å². The van der Waals surface area contributed by atoms with Gasteiger partial charge in [-0.1, -0.05) is 54.1 Å². The van der Waals surface area contributed by atoms with E-state index in [0.717, 1.165) is 5.56 Å². The molecule has 5 rings (SSSR count). The molecule has 1 N–H and O–H groups in total. The van der Waals surface area contributed by atoms with Crippen molar-refractivity contribution in [2.45, 2.75) is 12.6 Å². The number of fused-ring (bicyclic) bond motifs is 2. The first-order valence-electron chi connectivity index (χ1n) is 9.43. The Morgan fingerprint density at radius 2 is 1.77 bits per heavy atom. The third-order valence-electron chi connectivity index (χ3n) is 5.31. The van der Waals surface area contributed by atoms with Crippen LogP contribution in [0.25, 0.3) is 11.0 Å². The van der Waals surface area contributed by atoms with Gasteiger partial charge in [0.05, 0.1) is 17.0 Å². The second kappa shape index (κ2) is 7.04. The summed E-state index contributed by atoms with van der Waals surface area (Å²) in [5.74, 6) is -0.281. The van der Waals surface area contributed by atoms with E-state index in [1.807, 2.05) is 30.3 Å². The van der Waals surface area contributed by atoms with E-state index in [-0.39, 0.29) is 28.4 Å². The first kappa shape index (κ1) is 18.5. The second-order valence-corrected chi connectivity index (χ2v) is 7.67. The van der Waals surface area contributed by atoms with E-state index in [0.29, 0.717) is 28.1 Å². The van der Waals surface area contributed by atoms with E-state index in [2.05, 4.69) is 0 Å². The Balaban J connectivity index is 1.75. The SMILES string of the molecule is O=C1c2oc3ccc(Cl)cc3c(=O)c2[C@H](c2cccc(O)c2)N1Cc1ccccc1. The van der Waals surface area contributed by atoms with Crippen molar-refractivity contribution in [3.63, 3.8) is 0 Å². The topological polar surface area (TPSA) is 70.8 Å². The van der Waals surface area contributed by atoms with Gasteiger partial charge in [0.15, 0.2) is 5.43 Å². The molecular formula is C24H16ClNO4. The Morgan fingerprint density at radius 3 is 2.53 bits per heavy atom. The van der Waals surface area contributed by atoms with Crippen LogP contribution < -0.4 is 5.43 Å². The molecule has 30 heavy (non-hydrogen) atoms. The van der Waals surface area contributed by atoms with Crippen LogP contribution in [0.15, 0.2) is 82.0 Å². The van der Waals surface area contributed by atoms with E-state index < -0.39 is 6.04 Å². The number of rotatable bonds is 3. The van der Waals surface area contributed by atoms with Crippen LogP contribution in [0.5, 0.6) is 5.75 Å². The molecule has 0 unspecified atom stereocenters. The molecule has 3 aromatic carbocycles. The average Bonchev–Trinajstić information content (AvgIpc) is 3.02. The maximum atomic E-state index is 13.4. The Kier molecular flexibility index (Phi) is 4.33. The third-order valence-corrected chi connectivity index (χ3v) is 5.54. The smallest absolute Gasteiger partial charge is 0.291 e. The molecule has 6 heteroatoms. The molecule has 1 aliphatic rings. The molecule has 0 saturated heterocycles. The number of hydrogen-bond donors (Lipinski definition) is 1. The van der Waals surface area contributed by atoms with Gasteiger partial charge in [0.25, 0.3) is 5.91 Å². The number of aromatic hydroxyl groups is 1. The first-order chi connectivity index (χ1) is 14.5. The standard InChI is InChI=1S/C24H16ClNO4/c25-16-9-10-19-18(12-16)22(28)20-21(15-7-4-8-17(27)11-15)26(24(29)23(20)30-19)13-14-5-2-1-3-6-14/h1-12,21,27H,13H2/t21-/m0/s1. The molecule has 1 atom stereocenters. The summed E-state index contributed by atoms with van der Waals surface area (Å²) in [4.78, 5) is 28.4. The van der Waals surface area contributed by atoms with Gasteiger partial charge in [0, 0.05) is 11.6 Å². The van der Waals surface area contributed by atoms with Gasteiger partial charge in [-0.15, -0.1) is 0 Å². The molecule has 1 aromatic heterocycles. The number of benzene rings is 3. The third kappa shape index (κ3) is 2.95. The summed E-state index contributed by atoms with van der Waals surface area (Å²) < 4.78 is 5.89. The monoisotopic (exact) mass is 417 g/mol. The summed E-state index contributed by atoms with van der Waals surface area (Å²) in [6.07, 6.45) is 0. The number of hydrogen-bond acceptors (Lipinski definition) is 4. The van der Waals surface area contributed by atoms with Crippen LogP contribution in [0.3, 0.4) is 0 Å². The van der Waals surface area contributed by atoms with Crippen LogP contribution in [0.2, 0.25) is 5.02 Å². The number of nitrogens with zero attached hydrogens (tertiary/aromatic N) is 1. The number of phenolic OH excluding ortho intramolecular Hbond substituents is 1. The molecule has 2 heterocycles. The fourth-order valence-corrected chi connectivity index (χ4v) is 4.15. The predicted molar refractivity (Wildman–Crippen MR) is 114 cm³/mol. The molecule has 4 aromatic rings. The Hall–Kier alpha value is -3.57. The molecule has 1 amide bonds. The Morgan fingerprint density at radius 1 is 0.967 bits per heavy atom. The van der Waals surface area contributed by atoms with Crippen LogP contribution in [-0.4, -0.2) is 15.9 Å². The molecule has 0 radical (unpaired) electrons. The van der Waals surface area contributed by atoms with Crippen molar-refractivity contribution in [1.82, 2.24) is 4.90 Å². The van der Waals surface area contributed by atoms with Gasteiger partial charge < -0.3 is 14.4 Å². The summed E-state index contributed by atoms with van der Waals surface area (Å²) in [5.41, 5.74) is 1.82. The zero-order valence-corrected chi connectivity index (χ0v) is 16.5. The van der Waals surface area contributed by atoms with Crippen LogP contribution in [0, 0.1) is 0 Å². The zero-order chi connectivity index (χ0) is 20.8. The van der Waals surface area contributed by atoms with Gasteiger partial charge in [-0.3, -0.25) is 9.59 Å². The maximum absolute atomic E-state index is 13.4. The van der Waals surface area contributed by atoms with Crippen molar-refractivity contribution in [3.05, 3.63) is 110 Å². The summed E-state index contributed by atoms with van der Waals surface area (Å²) in [6, 6.07) is 20.2. The first-order valence-corrected chi connectivity index (χ1v) is 9.81. The Bertz CT molecular complexity index is 1350. The minimum atomic E-state index is -0.681. The van der Waals surface area contributed by atoms with E-state index in [1.165, 1.54) is 0 Å². The second-order valence-electron chi connectivity index (χ2n) is 7.23. The van der Waals surface area contributed by atoms with Crippen molar-refractivity contribution in [2.24, 2.45) is 0 Å². The van der Waals surface area contributed by atoms with Gasteiger partial charge >= 0.3 is 0 Å². The molecule has 1 aliphatic heterocycles. The quantitative estimate of drug-likeness (QED) is 0.514. The van der Waals surface area contributed by atoms with E-state index in [1.54, 1.807) is 47.4 Å². The summed E-state index contributed by atoms with van der Waals surface area (Å²) >= 11 is 6.09. The minimum Gasteiger partial charge on any atom is -0.508 e. The normalized spacial score (nSPS) is 15.6. The minimum absolute atomic E-state index is 0.0269. The lowest BCUT2D eigenvalue weighted by molar-refractivity contribution is 0.0714. The van der Waals surface area contributed by atoms with E-state index in [4.69, 9.17) is 16.0 Å². The highest BCUT2D eigenvalue weighted by Gasteiger charge is 2.42.